The predicted octanol–water partition coefficient (Wildman–Crippen LogP) is 2.98. The van der Waals surface area contributed by atoms with Crippen LogP contribution in [0.4, 0.5) is 17.6 Å². The maximum atomic E-state index is 12.8. The number of piperidine rings is 1. The quantitative estimate of drug-likeness (QED) is 0.800. The van der Waals surface area contributed by atoms with E-state index in [1.807, 2.05) is 0 Å². The minimum atomic E-state index is -5.08. The zero-order valence-electron chi connectivity index (χ0n) is 12.9. The van der Waals surface area contributed by atoms with Crippen molar-refractivity contribution in [1.82, 2.24) is 15.5 Å². The monoisotopic (exact) mass is 361 g/mol. The van der Waals surface area contributed by atoms with Gasteiger partial charge in [-0.1, -0.05) is 0 Å². The standard InChI is InChI=1S/C13H14FN3O.C2HF3O2/c14-11-3-1-9(2-4-11)12-16-17-13(18-12)10-5-7-15-8-6-10;3-2(4,5)1(6)7/h1-4,10,15H,5-8H2;(H,6,7). The fourth-order valence-electron chi connectivity index (χ4n) is 2.18. The van der Waals surface area contributed by atoms with Crippen LogP contribution in [0.1, 0.15) is 24.7 Å². The molecule has 25 heavy (non-hydrogen) atoms. The van der Waals surface area contributed by atoms with Crippen molar-refractivity contribution in [1.29, 1.82) is 0 Å². The van der Waals surface area contributed by atoms with E-state index in [0.29, 0.717) is 17.7 Å². The number of aliphatic carboxylic acids is 1. The topological polar surface area (TPSA) is 88.3 Å². The van der Waals surface area contributed by atoms with Gasteiger partial charge in [-0.15, -0.1) is 10.2 Å². The van der Waals surface area contributed by atoms with E-state index in [4.69, 9.17) is 14.3 Å². The molecule has 1 aliphatic heterocycles. The molecule has 0 saturated carbocycles. The zero-order chi connectivity index (χ0) is 18.4. The van der Waals surface area contributed by atoms with Crippen LogP contribution < -0.4 is 5.32 Å². The number of rotatable bonds is 2. The summed E-state index contributed by atoms with van der Waals surface area (Å²) in [6.07, 6.45) is -3.05. The lowest BCUT2D eigenvalue weighted by Crippen LogP contribution is -2.26. The Morgan fingerprint density at radius 3 is 2.24 bits per heavy atom. The van der Waals surface area contributed by atoms with E-state index >= 15 is 0 Å². The number of carboxylic acid groups (broad SMARTS) is 1. The molecule has 1 aromatic carbocycles. The molecule has 3 rings (SSSR count). The van der Waals surface area contributed by atoms with Gasteiger partial charge in [0.05, 0.1) is 0 Å². The molecule has 2 heterocycles. The van der Waals surface area contributed by atoms with Gasteiger partial charge >= 0.3 is 12.1 Å². The van der Waals surface area contributed by atoms with Crippen LogP contribution in [0.25, 0.3) is 11.5 Å². The molecule has 0 unspecified atom stereocenters. The van der Waals surface area contributed by atoms with Gasteiger partial charge < -0.3 is 14.8 Å². The summed E-state index contributed by atoms with van der Waals surface area (Å²) in [6.45, 7) is 1.97. The number of hydrogen-bond donors (Lipinski definition) is 2. The number of alkyl halides is 3. The molecule has 2 aromatic rings. The Morgan fingerprint density at radius 1 is 1.16 bits per heavy atom. The van der Waals surface area contributed by atoms with E-state index in [1.165, 1.54) is 12.1 Å². The first-order valence-electron chi connectivity index (χ1n) is 7.37. The van der Waals surface area contributed by atoms with Crippen molar-refractivity contribution in [2.75, 3.05) is 13.1 Å². The third-order valence-electron chi connectivity index (χ3n) is 3.46. The highest BCUT2D eigenvalue weighted by atomic mass is 19.4. The third kappa shape index (κ3) is 5.52. The molecule has 0 atom stereocenters. The van der Waals surface area contributed by atoms with E-state index in [1.54, 1.807) is 12.1 Å². The largest absolute Gasteiger partial charge is 0.490 e. The second-order valence-electron chi connectivity index (χ2n) is 5.28. The smallest absolute Gasteiger partial charge is 0.475 e. The summed E-state index contributed by atoms with van der Waals surface area (Å²) in [6, 6.07) is 6.08. The summed E-state index contributed by atoms with van der Waals surface area (Å²) in [7, 11) is 0. The predicted molar refractivity (Wildman–Crippen MR) is 78.2 cm³/mol. The van der Waals surface area contributed by atoms with Gasteiger partial charge in [0.25, 0.3) is 0 Å². The number of hydrogen-bond acceptors (Lipinski definition) is 5. The molecule has 136 valence electrons. The summed E-state index contributed by atoms with van der Waals surface area (Å²) in [5.74, 6) is -1.53. The number of carbonyl (C=O) groups is 1. The van der Waals surface area contributed by atoms with E-state index in [9.17, 15) is 17.6 Å². The highest BCUT2D eigenvalue weighted by Gasteiger charge is 2.38. The third-order valence-corrected chi connectivity index (χ3v) is 3.46. The van der Waals surface area contributed by atoms with E-state index in [2.05, 4.69) is 15.5 Å². The Bertz CT molecular complexity index is 695. The van der Waals surface area contributed by atoms with Crippen molar-refractivity contribution < 1.29 is 31.9 Å². The van der Waals surface area contributed by atoms with Gasteiger partial charge in [-0.05, 0) is 50.2 Å². The fraction of sp³-hybridized carbons (Fsp3) is 0.400. The average Bonchev–Trinajstić information content (AvgIpc) is 3.06. The molecule has 0 radical (unpaired) electrons. The van der Waals surface area contributed by atoms with Gasteiger partial charge in [0.2, 0.25) is 11.8 Å². The van der Waals surface area contributed by atoms with Gasteiger partial charge in [-0.25, -0.2) is 9.18 Å². The average molecular weight is 361 g/mol. The number of carboxylic acids is 1. The van der Waals surface area contributed by atoms with E-state index in [0.717, 1.165) is 31.5 Å². The van der Waals surface area contributed by atoms with Gasteiger partial charge in [0, 0.05) is 11.5 Å². The van der Waals surface area contributed by atoms with Crippen LogP contribution in [-0.4, -0.2) is 40.5 Å². The zero-order valence-corrected chi connectivity index (χ0v) is 12.9. The molecule has 0 aliphatic carbocycles. The van der Waals surface area contributed by atoms with E-state index < -0.39 is 12.1 Å². The minimum Gasteiger partial charge on any atom is -0.475 e. The Morgan fingerprint density at radius 2 is 1.72 bits per heavy atom. The van der Waals surface area contributed by atoms with Gasteiger partial charge in [-0.2, -0.15) is 13.2 Å². The lowest BCUT2D eigenvalue weighted by Gasteiger charge is -2.18. The van der Waals surface area contributed by atoms with Gasteiger partial charge in [-0.3, -0.25) is 0 Å². The molecule has 0 spiro atoms. The number of aromatic nitrogens is 2. The van der Waals surface area contributed by atoms with Crippen LogP contribution in [0.3, 0.4) is 0 Å². The molecule has 0 amide bonds. The highest BCUT2D eigenvalue weighted by molar-refractivity contribution is 5.73. The second kappa shape index (κ2) is 8.06. The molecule has 1 fully saturated rings. The second-order valence-corrected chi connectivity index (χ2v) is 5.28. The number of nitrogens with one attached hydrogen (secondary N) is 1. The Balaban J connectivity index is 0.000000277. The molecule has 1 saturated heterocycles. The van der Waals surface area contributed by atoms with Crippen molar-refractivity contribution in [3.63, 3.8) is 0 Å². The van der Waals surface area contributed by atoms with Crippen molar-refractivity contribution in [3.05, 3.63) is 36.0 Å². The van der Waals surface area contributed by atoms with Crippen LogP contribution in [0.15, 0.2) is 28.7 Å². The maximum Gasteiger partial charge on any atom is 0.490 e. The van der Waals surface area contributed by atoms with Crippen LogP contribution in [-0.2, 0) is 4.79 Å². The first kappa shape index (κ1) is 18.8. The molecule has 2 N–H and O–H groups in total. The molecule has 10 heteroatoms. The molecular formula is C15H15F4N3O3. The normalized spacial score (nSPS) is 15.4. The summed E-state index contributed by atoms with van der Waals surface area (Å²) < 4.78 is 50.2. The van der Waals surface area contributed by atoms with Crippen molar-refractivity contribution in [3.8, 4) is 11.5 Å². The van der Waals surface area contributed by atoms with Gasteiger partial charge in [0.15, 0.2) is 0 Å². The van der Waals surface area contributed by atoms with Crippen LogP contribution in [0, 0.1) is 5.82 Å². The Labute approximate surface area is 139 Å². The Hall–Kier alpha value is -2.49. The summed E-state index contributed by atoms with van der Waals surface area (Å²) >= 11 is 0. The first-order chi connectivity index (χ1) is 11.8. The van der Waals surface area contributed by atoms with E-state index in [-0.39, 0.29) is 5.82 Å². The molecular weight excluding hydrogens is 346 g/mol. The van der Waals surface area contributed by atoms with Crippen molar-refractivity contribution in [2.24, 2.45) is 0 Å². The summed E-state index contributed by atoms with van der Waals surface area (Å²) in [5, 5.41) is 18.6. The molecule has 6 nitrogen and oxygen atoms in total. The fourth-order valence-corrected chi connectivity index (χ4v) is 2.18. The minimum absolute atomic E-state index is 0.267. The first-order valence-corrected chi connectivity index (χ1v) is 7.37. The SMILES string of the molecule is Fc1ccc(-c2nnc(C3CCNCC3)o2)cc1.O=C(O)C(F)(F)F. The lowest BCUT2D eigenvalue weighted by molar-refractivity contribution is -0.192. The van der Waals surface area contributed by atoms with Gasteiger partial charge in [0.1, 0.15) is 5.82 Å². The summed E-state index contributed by atoms with van der Waals surface area (Å²) in [4.78, 5) is 8.90. The molecule has 1 aliphatic rings. The molecule has 0 bridgehead atoms. The summed E-state index contributed by atoms with van der Waals surface area (Å²) in [5.41, 5.74) is 0.754. The Kier molecular flexibility index (Phi) is 6.07. The van der Waals surface area contributed by atoms with Crippen LogP contribution in [0.5, 0.6) is 0 Å². The van der Waals surface area contributed by atoms with Crippen molar-refractivity contribution in [2.45, 2.75) is 24.9 Å². The van der Waals surface area contributed by atoms with Crippen LogP contribution in [0.2, 0.25) is 0 Å². The lowest BCUT2D eigenvalue weighted by atomic mass is 9.98. The van der Waals surface area contributed by atoms with Crippen LogP contribution >= 0.6 is 0 Å². The maximum absolute atomic E-state index is 12.8. The number of benzene rings is 1. The molecule has 1 aromatic heterocycles. The van der Waals surface area contributed by atoms with Crippen molar-refractivity contribution >= 4 is 5.97 Å². The number of halogens is 4. The highest BCUT2D eigenvalue weighted by Crippen LogP contribution is 2.27. The number of nitrogens with zero attached hydrogens (tertiary/aromatic N) is 2.